The molecule has 2 rings (SSSR count). The number of nitrogens with zero attached hydrogens (tertiary/aromatic N) is 5. The van der Waals surface area contributed by atoms with Gasteiger partial charge in [-0.3, -0.25) is 10.1 Å². The number of rotatable bonds is 4. The number of nitrogens with two attached hydrogens (primary N) is 2. The van der Waals surface area contributed by atoms with E-state index in [9.17, 15) is 10.1 Å². The van der Waals surface area contributed by atoms with Crippen molar-refractivity contribution in [2.75, 3.05) is 23.8 Å². The smallest absolute Gasteiger partial charge is 0.320 e. The Morgan fingerprint density at radius 3 is 2.50 bits per heavy atom. The zero-order chi connectivity index (χ0) is 14.7. The molecule has 0 spiro atoms. The maximum Gasteiger partial charge on any atom is 0.320 e. The standard InChI is InChI=1S/C9H10N8O2S/c1-12-8-13-3-4(17(18)19)7(16-8)20-9-14-5(10)2-6(11)15-9/h2-3H,1H3,(H,12,13,16)(H4,10,11,14,15). The molecule has 0 saturated heterocycles. The Labute approximate surface area is 117 Å². The molecule has 0 unspecified atom stereocenters. The third kappa shape index (κ3) is 3.00. The summed E-state index contributed by atoms with van der Waals surface area (Å²) in [4.78, 5) is 26.0. The summed E-state index contributed by atoms with van der Waals surface area (Å²) in [5.74, 6) is 0.589. The van der Waals surface area contributed by atoms with Crippen LogP contribution < -0.4 is 16.8 Å². The molecule has 2 aromatic rings. The molecule has 0 saturated carbocycles. The molecule has 0 bridgehead atoms. The van der Waals surface area contributed by atoms with E-state index in [0.29, 0.717) is 0 Å². The van der Waals surface area contributed by atoms with Crippen LogP contribution in [0.25, 0.3) is 0 Å². The van der Waals surface area contributed by atoms with Crippen molar-refractivity contribution in [3.05, 3.63) is 22.4 Å². The number of hydrogen-bond acceptors (Lipinski definition) is 10. The summed E-state index contributed by atoms with van der Waals surface area (Å²) in [5, 5.41) is 13.9. The van der Waals surface area contributed by atoms with Gasteiger partial charge >= 0.3 is 5.69 Å². The van der Waals surface area contributed by atoms with Gasteiger partial charge in [-0.25, -0.2) is 15.0 Å². The Morgan fingerprint density at radius 1 is 1.30 bits per heavy atom. The average molecular weight is 294 g/mol. The largest absolute Gasteiger partial charge is 0.383 e. The first-order valence-corrected chi connectivity index (χ1v) is 6.08. The SMILES string of the molecule is CNc1ncc([N+](=O)[O-])c(Sc2nc(N)cc(N)n2)n1. The van der Waals surface area contributed by atoms with Crippen molar-refractivity contribution in [1.82, 2.24) is 19.9 Å². The third-order valence-electron chi connectivity index (χ3n) is 2.09. The van der Waals surface area contributed by atoms with Crippen molar-refractivity contribution in [1.29, 1.82) is 0 Å². The van der Waals surface area contributed by atoms with E-state index in [0.717, 1.165) is 18.0 Å². The number of nitro groups is 1. The molecule has 0 fully saturated rings. The van der Waals surface area contributed by atoms with Crippen molar-refractivity contribution in [3.63, 3.8) is 0 Å². The van der Waals surface area contributed by atoms with Crippen LogP contribution in [0.3, 0.4) is 0 Å². The minimum Gasteiger partial charge on any atom is -0.383 e. The number of hydrogen-bond donors (Lipinski definition) is 3. The van der Waals surface area contributed by atoms with E-state index in [4.69, 9.17) is 11.5 Å². The highest BCUT2D eigenvalue weighted by Crippen LogP contribution is 2.31. The summed E-state index contributed by atoms with van der Waals surface area (Å²) in [6.45, 7) is 0. The predicted molar refractivity (Wildman–Crippen MR) is 73.2 cm³/mol. The normalized spacial score (nSPS) is 10.2. The molecule has 0 atom stereocenters. The number of nitrogen functional groups attached to an aromatic ring is 2. The Morgan fingerprint density at radius 2 is 1.95 bits per heavy atom. The number of nitrogens with one attached hydrogen (secondary N) is 1. The lowest BCUT2D eigenvalue weighted by Gasteiger charge is -2.04. The lowest BCUT2D eigenvalue weighted by atomic mass is 10.5. The average Bonchev–Trinajstić information content (AvgIpc) is 2.37. The highest BCUT2D eigenvalue weighted by atomic mass is 32.2. The maximum atomic E-state index is 10.9. The summed E-state index contributed by atoms with van der Waals surface area (Å²) in [6.07, 6.45) is 1.11. The van der Waals surface area contributed by atoms with Crippen LogP contribution in [0.15, 0.2) is 22.4 Å². The van der Waals surface area contributed by atoms with Crippen LogP contribution in [-0.2, 0) is 0 Å². The van der Waals surface area contributed by atoms with Gasteiger partial charge in [0.1, 0.15) is 17.8 Å². The molecule has 0 amide bonds. The van der Waals surface area contributed by atoms with Crippen molar-refractivity contribution >= 4 is 35.0 Å². The van der Waals surface area contributed by atoms with Crippen LogP contribution >= 0.6 is 11.8 Å². The molecule has 10 nitrogen and oxygen atoms in total. The molecule has 0 aromatic carbocycles. The van der Waals surface area contributed by atoms with Crippen LogP contribution in [0.2, 0.25) is 0 Å². The van der Waals surface area contributed by atoms with Gasteiger partial charge in [0.15, 0.2) is 10.2 Å². The van der Waals surface area contributed by atoms with Gasteiger partial charge in [-0.1, -0.05) is 0 Å². The molecule has 11 heteroatoms. The summed E-state index contributed by atoms with van der Waals surface area (Å²) < 4.78 is 0. The molecule has 20 heavy (non-hydrogen) atoms. The fourth-order valence-corrected chi connectivity index (χ4v) is 2.11. The van der Waals surface area contributed by atoms with Gasteiger partial charge in [-0.05, 0) is 11.8 Å². The van der Waals surface area contributed by atoms with Crippen LogP contribution in [0.4, 0.5) is 23.3 Å². The lowest BCUT2D eigenvalue weighted by molar-refractivity contribution is -0.388. The molecule has 2 aromatic heterocycles. The van der Waals surface area contributed by atoms with E-state index >= 15 is 0 Å². The van der Waals surface area contributed by atoms with Crippen LogP contribution in [-0.4, -0.2) is 31.9 Å². The van der Waals surface area contributed by atoms with E-state index in [-0.39, 0.29) is 33.5 Å². The van der Waals surface area contributed by atoms with Crippen LogP contribution in [0.1, 0.15) is 0 Å². The quantitative estimate of drug-likeness (QED) is 0.314. The predicted octanol–water partition coefficient (Wildman–Crippen LogP) is 0.532. The Kier molecular flexibility index (Phi) is 3.79. The van der Waals surface area contributed by atoms with E-state index in [1.54, 1.807) is 7.05 Å². The van der Waals surface area contributed by atoms with Gasteiger partial charge in [0.2, 0.25) is 5.95 Å². The minimum atomic E-state index is -0.586. The van der Waals surface area contributed by atoms with Crippen molar-refractivity contribution in [2.45, 2.75) is 10.2 Å². The second-order valence-electron chi connectivity index (χ2n) is 3.49. The molecule has 0 radical (unpaired) electrons. The maximum absolute atomic E-state index is 10.9. The summed E-state index contributed by atoms with van der Waals surface area (Å²) in [5.41, 5.74) is 10.8. The fourth-order valence-electron chi connectivity index (χ4n) is 1.27. The minimum absolute atomic E-state index is 0.0966. The monoisotopic (exact) mass is 294 g/mol. The van der Waals surface area contributed by atoms with E-state index in [2.05, 4.69) is 25.3 Å². The Hall–Kier alpha value is -2.69. The molecule has 0 aliphatic heterocycles. The van der Waals surface area contributed by atoms with Crippen LogP contribution in [0, 0.1) is 10.1 Å². The number of aromatic nitrogens is 4. The third-order valence-corrected chi connectivity index (χ3v) is 2.95. The fraction of sp³-hybridized carbons (Fsp3) is 0.111. The Bertz CT molecular complexity index is 644. The molecule has 104 valence electrons. The first-order valence-electron chi connectivity index (χ1n) is 5.26. The summed E-state index contributed by atoms with van der Waals surface area (Å²) >= 11 is 0.885. The second-order valence-corrected chi connectivity index (χ2v) is 4.45. The van der Waals surface area contributed by atoms with E-state index in [1.165, 1.54) is 6.07 Å². The highest BCUT2D eigenvalue weighted by molar-refractivity contribution is 7.99. The van der Waals surface area contributed by atoms with Gasteiger partial charge in [0.05, 0.1) is 4.92 Å². The van der Waals surface area contributed by atoms with Gasteiger partial charge in [0, 0.05) is 13.1 Å². The molecule has 5 N–H and O–H groups in total. The summed E-state index contributed by atoms with van der Waals surface area (Å²) in [7, 11) is 1.60. The molecule has 0 aliphatic carbocycles. The van der Waals surface area contributed by atoms with Crippen molar-refractivity contribution < 1.29 is 4.92 Å². The van der Waals surface area contributed by atoms with Crippen molar-refractivity contribution in [2.24, 2.45) is 0 Å². The molecule has 2 heterocycles. The second kappa shape index (κ2) is 5.52. The van der Waals surface area contributed by atoms with Gasteiger partial charge in [0.25, 0.3) is 0 Å². The lowest BCUT2D eigenvalue weighted by Crippen LogP contribution is -2.03. The van der Waals surface area contributed by atoms with E-state index < -0.39 is 4.92 Å². The van der Waals surface area contributed by atoms with Crippen molar-refractivity contribution in [3.8, 4) is 0 Å². The molecular formula is C9H10N8O2S. The topological polar surface area (TPSA) is 159 Å². The zero-order valence-corrected chi connectivity index (χ0v) is 11.1. The van der Waals surface area contributed by atoms with Gasteiger partial charge in [-0.2, -0.15) is 4.98 Å². The first kappa shape index (κ1) is 13.7. The summed E-state index contributed by atoms with van der Waals surface area (Å²) in [6, 6.07) is 1.39. The van der Waals surface area contributed by atoms with Gasteiger partial charge in [-0.15, -0.1) is 0 Å². The number of anilines is 3. The first-order chi connectivity index (χ1) is 9.49. The highest BCUT2D eigenvalue weighted by Gasteiger charge is 2.19. The van der Waals surface area contributed by atoms with Gasteiger partial charge < -0.3 is 16.8 Å². The Balaban J connectivity index is 2.42. The molecular weight excluding hydrogens is 284 g/mol. The molecule has 0 aliphatic rings. The zero-order valence-electron chi connectivity index (χ0n) is 10.3. The van der Waals surface area contributed by atoms with Crippen LogP contribution in [0.5, 0.6) is 0 Å². The van der Waals surface area contributed by atoms with E-state index in [1.807, 2.05) is 0 Å².